The van der Waals surface area contributed by atoms with Crippen LogP contribution < -0.4 is 0 Å². The summed E-state index contributed by atoms with van der Waals surface area (Å²) in [5.41, 5.74) is 0.251. The summed E-state index contributed by atoms with van der Waals surface area (Å²) in [4.78, 5) is 10.8. The van der Waals surface area contributed by atoms with E-state index < -0.39 is 5.97 Å². The van der Waals surface area contributed by atoms with E-state index in [1.807, 2.05) is 0 Å². The first kappa shape index (κ1) is 10.7. The highest BCUT2D eigenvalue weighted by atomic mass is 79.9. The smallest absolute Gasteiger partial charge is 0.340 e. The molecular formula is C10H13BrN2O2. The molecule has 5 heteroatoms. The standard InChI is InChI=1S/C10H13BrN2O2/c11-9-8(10(14)15)6-13(12-9)7-4-2-1-3-5-7/h6-7H,1-5H2,(H,14,15). The van der Waals surface area contributed by atoms with Gasteiger partial charge in [-0.25, -0.2) is 4.79 Å². The maximum Gasteiger partial charge on any atom is 0.340 e. The maximum absolute atomic E-state index is 10.8. The van der Waals surface area contributed by atoms with E-state index in [0.717, 1.165) is 12.8 Å². The monoisotopic (exact) mass is 272 g/mol. The zero-order valence-corrected chi connectivity index (χ0v) is 9.90. The fourth-order valence-electron chi connectivity index (χ4n) is 2.05. The van der Waals surface area contributed by atoms with Crippen molar-refractivity contribution >= 4 is 21.9 Å². The molecule has 2 rings (SSSR count). The second kappa shape index (κ2) is 4.35. The van der Waals surface area contributed by atoms with Crippen LogP contribution in [0, 0.1) is 0 Å². The lowest BCUT2D eigenvalue weighted by atomic mass is 9.96. The normalized spacial score (nSPS) is 17.9. The van der Waals surface area contributed by atoms with Gasteiger partial charge in [-0.15, -0.1) is 0 Å². The number of rotatable bonds is 2. The molecule has 1 aliphatic rings. The van der Waals surface area contributed by atoms with Crippen molar-refractivity contribution in [1.29, 1.82) is 0 Å². The Kier molecular flexibility index (Phi) is 3.09. The quantitative estimate of drug-likeness (QED) is 0.901. The SMILES string of the molecule is O=C(O)c1cn(C2CCCCC2)nc1Br. The maximum atomic E-state index is 10.8. The molecule has 0 radical (unpaired) electrons. The number of halogens is 1. The number of carbonyl (C=O) groups is 1. The van der Waals surface area contributed by atoms with Gasteiger partial charge in [0.25, 0.3) is 0 Å². The minimum Gasteiger partial charge on any atom is -0.478 e. The van der Waals surface area contributed by atoms with Crippen molar-refractivity contribution in [1.82, 2.24) is 9.78 Å². The second-order valence-electron chi connectivity index (χ2n) is 3.91. The summed E-state index contributed by atoms with van der Waals surface area (Å²) in [7, 11) is 0. The van der Waals surface area contributed by atoms with Gasteiger partial charge in [-0.05, 0) is 28.8 Å². The molecule has 1 saturated carbocycles. The van der Waals surface area contributed by atoms with Gasteiger partial charge in [-0.3, -0.25) is 4.68 Å². The molecule has 0 saturated heterocycles. The average Bonchev–Trinajstić information content (AvgIpc) is 2.62. The minimum atomic E-state index is -0.927. The molecule has 0 aromatic carbocycles. The molecule has 0 atom stereocenters. The summed E-state index contributed by atoms with van der Waals surface area (Å²) in [5, 5.41) is 13.1. The number of carboxylic acid groups (broad SMARTS) is 1. The third-order valence-electron chi connectivity index (χ3n) is 2.87. The molecule has 0 amide bonds. The van der Waals surface area contributed by atoms with Crippen molar-refractivity contribution < 1.29 is 9.90 Å². The number of carboxylic acids is 1. The number of hydrogen-bond acceptors (Lipinski definition) is 2. The van der Waals surface area contributed by atoms with Crippen LogP contribution in [0.4, 0.5) is 0 Å². The van der Waals surface area contributed by atoms with Crippen molar-refractivity contribution in [2.45, 2.75) is 38.1 Å². The molecule has 1 fully saturated rings. The van der Waals surface area contributed by atoms with Crippen LogP contribution in [-0.2, 0) is 0 Å². The zero-order chi connectivity index (χ0) is 10.8. The second-order valence-corrected chi connectivity index (χ2v) is 4.66. The van der Waals surface area contributed by atoms with E-state index in [4.69, 9.17) is 5.11 Å². The van der Waals surface area contributed by atoms with Gasteiger partial charge >= 0.3 is 5.97 Å². The molecule has 1 aromatic heterocycles. The highest BCUT2D eigenvalue weighted by Crippen LogP contribution is 2.29. The molecule has 0 bridgehead atoms. The molecule has 0 unspecified atom stereocenters. The first-order valence-electron chi connectivity index (χ1n) is 5.16. The summed E-state index contributed by atoms with van der Waals surface area (Å²) in [6.45, 7) is 0. The van der Waals surface area contributed by atoms with Crippen molar-refractivity contribution in [3.8, 4) is 0 Å². The third kappa shape index (κ3) is 2.22. The fourth-order valence-corrected chi connectivity index (χ4v) is 2.50. The van der Waals surface area contributed by atoms with Crippen LogP contribution in [0.5, 0.6) is 0 Å². The number of hydrogen-bond donors (Lipinski definition) is 1. The van der Waals surface area contributed by atoms with Gasteiger partial charge in [-0.1, -0.05) is 19.3 Å². The third-order valence-corrected chi connectivity index (χ3v) is 3.45. The molecule has 82 valence electrons. The van der Waals surface area contributed by atoms with Crippen LogP contribution in [-0.4, -0.2) is 20.9 Å². The van der Waals surface area contributed by atoms with E-state index in [1.165, 1.54) is 19.3 Å². The minimum absolute atomic E-state index is 0.251. The van der Waals surface area contributed by atoms with E-state index >= 15 is 0 Å². The summed E-state index contributed by atoms with van der Waals surface area (Å²) < 4.78 is 2.23. The van der Waals surface area contributed by atoms with Gasteiger partial charge in [-0.2, -0.15) is 5.10 Å². The van der Waals surface area contributed by atoms with Crippen LogP contribution in [0.15, 0.2) is 10.8 Å². The number of nitrogens with zero attached hydrogens (tertiary/aromatic N) is 2. The average molecular weight is 273 g/mol. The Morgan fingerprint density at radius 2 is 2.13 bits per heavy atom. The number of aromatic nitrogens is 2. The largest absolute Gasteiger partial charge is 0.478 e. The Hall–Kier alpha value is -0.840. The molecule has 1 N–H and O–H groups in total. The van der Waals surface area contributed by atoms with E-state index in [-0.39, 0.29) is 5.56 Å². The topological polar surface area (TPSA) is 55.1 Å². The molecule has 0 spiro atoms. The lowest BCUT2D eigenvalue weighted by Gasteiger charge is -2.21. The molecule has 1 heterocycles. The Labute approximate surface area is 96.4 Å². The predicted molar refractivity (Wildman–Crippen MR) is 59.0 cm³/mol. The Morgan fingerprint density at radius 3 is 2.67 bits per heavy atom. The van der Waals surface area contributed by atoms with Crippen LogP contribution in [0.2, 0.25) is 0 Å². The van der Waals surface area contributed by atoms with E-state index in [0.29, 0.717) is 10.6 Å². The summed E-state index contributed by atoms with van der Waals surface area (Å²) in [5.74, 6) is -0.927. The van der Waals surface area contributed by atoms with Crippen molar-refractivity contribution in [2.75, 3.05) is 0 Å². The van der Waals surface area contributed by atoms with Crippen molar-refractivity contribution in [3.63, 3.8) is 0 Å². The van der Waals surface area contributed by atoms with Crippen molar-refractivity contribution in [3.05, 3.63) is 16.4 Å². The summed E-state index contributed by atoms with van der Waals surface area (Å²) >= 11 is 3.17. The van der Waals surface area contributed by atoms with Gasteiger partial charge in [0.05, 0.1) is 6.04 Å². The molecule has 4 nitrogen and oxygen atoms in total. The lowest BCUT2D eigenvalue weighted by molar-refractivity contribution is 0.0695. The van der Waals surface area contributed by atoms with Gasteiger partial charge in [0, 0.05) is 6.20 Å². The predicted octanol–water partition coefficient (Wildman–Crippen LogP) is 2.85. The number of aromatic carboxylic acids is 1. The Bertz CT molecular complexity index is 369. The molecule has 0 aliphatic heterocycles. The Morgan fingerprint density at radius 1 is 1.47 bits per heavy atom. The highest BCUT2D eigenvalue weighted by molar-refractivity contribution is 9.10. The summed E-state index contributed by atoms with van der Waals surface area (Å²) in [6.07, 6.45) is 7.54. The van der Waals surface area contributed by atoms with Gasteiger partial charge < -0.3 is 5.11 Å². The highest BCUT2D eigenvalue weighted by Gasteiger charge is 2.20. The van der Waals surface area contributed by atoms with E-state index in [9.17, 15) is 4.79 Å². The molecule has 1 aromatic rings. The van der Waals surface area contributed by atoms with E-state index in [2.05, 4.69) is 21.0 Å². The lowest BCUT2D eigenvalue weighted by Crippen LogP contribution is -2.13. The molecular weight excluding hydrogens is 260 g/mol. The van der Waals surface area contributed by atoms with Crippen molar-refractivity contribution in [2.24, 2.45) is 0 Å². The fraction of sp³-hybridized carbons (Fsp3) is 0.600. The van der Waals surface area contributed by atoms with Crippen LogP contribution in [0.25, 0.3) is 0 Å². The van der Waals surface area contributed by atoms with Gasteiger partial charge in [0.1, 0.15) is 10.2 Å². The van der Waals surface area contributed by atoms with E-state index in [1.54, 1.807) is 10.9 Å². The first-order valence-corrected chi connectivity index (χ1v) is 5.95. The van der Waals surface area contributed by atoms with Gasteiger partial charge in [0.2, 0.25) is 0 Å². The van der Waals surface area contributed by atoms with Crippen LogP contribution in [0.3, 0.4) is 0 Å². The van der Waals surface area contributed by atoms with Crippen LogP contribution >= 0.6 is 15.9 Å². The van der Waals surface area contributed by atoms with Gasteiger partial charge in [0.15, 0.2) is 0 Å². The van der Waals surface area contributed by atoms with Crippen LogP contribution in [0.1, 0.15) is 48.5 Å². The first-order chi connectivity index (χ1) is 7.18. The zero-order valence-electron chi connectivity index (χ0n) is 8.32. The molecule has 15 heavy (non-hydrogen) atoms. The Balaban J connectivity index is 2.21. The molecule has 1 aliphatic carbocycles. The summed E-state index contributed by atoms with van der Waals surface area (Å²) in [6, 6.07) is 0.378.